The number of hydrogen-bond acceptors (Lipinski definition) is 8. The van der Waals surface area contributed by atoms with Crippen molar-refractivity contribution in [3.05, 3.63) is 74.2 Å². The lowest BCUT2D eigenvalue weighted by Crippen LogP contribution is -2.45. The zero-order valence-electron chi connectivity index (χ0n) is 19.2. The molecule has 1 aliphatic carbocycles. The average Bonchev–Trinajstić information content (AvgIpc) is 3.08. The highest BCUT2D eigenvalue weighted by molar-refractivity contribution is 6.53. The van der Waals surface area contributed by atoms with E-state index in [0.29, 0.717) is 16.6 Å². The number of carbonyl (C=O) groups excluding carboxylic acids is 2. The minimum atomic E-state index is -1.35. The van der Waals surface area contributed by atoms with Gasteiger partial charge in [0.15, 0.2) is 0 Å². The van der Waals surface area contributed by atoms with Gasteiger partial charge in [-0.1, -0.05) is 23.7 Å². The van der Waals surface area contributed by atoms with Gasteiger partial charge >= 0.3 is 7.12 Å². The Bertz CT molecular complexity index is 1300. The predicted molar refractivity (Wildman–Crippen MR) is 129 cm³/mol. The molecule has 0 spiro atoms. The predicted octanol–water partition coefficient (Wildman–Crippen LogP) is 3.20. The van der Waals surface area contributed by atoms with Crippen molar-refractivity contribution in [2.45, 2.75) is 18.9 Å². The van der Waals surface area contributed by atoms with E-state index in [2.05, 4.69) is 0 Å². The van der Waals surface area contributed by atoms with E-state index in [9.17, 15) is 29.8 Å². The zero-order chi connectivity index (χ0) is 25.7. The van der Waals surface area contributed by atoms with Gasteiger partial charge in [-0.05, 0) is 53.6 Å². The molecule has 5 rings (SSSR count). The summed E-state index contributed by atoms with van der Waals surface area (Å²) >= 11 is 6.33. The summed E-state index contributed by atoms with van der Waals surface area (Å²) in [5, 5.41) is 32.3. The molecule has 4 atom stereocenters. The number of halogens is 1. The highest BCUT2D eigenvalue weighted by Gasteiger charge is 2.58. The van der Waals surface area contributed by atoms with Crippen LogP contribution in [0.4, 0.5) is 11.4 Å². The van der Waals surface area contributed by atoms with Gasteiger partial charge in [-0.15, -0.1) is 0 Å². The van der Waals surface area contributed by atoms with Crippen molar-refractivity contribution >= 4 is 41.9 Å². The molecule has 0 aromatic heterocycles. The summed E-state index contributed by atoms with van der Waals surface area (Å²) in [5.74, 6) is -2.99. The van der Waals surface area contributed by atoms with Crippen LogP contribution in [0.1, 0.15) is 24.5 Å². The highest BCUT2D eigenvalue weighted by Crippen LogP contribution is 2.52. The molecule has 0 radical (unpaired) electrons. The molecular formula is C24H22BClN2O8. The molecule has 0 bridgehead atoms. The van der Waals surface area contributed by atoms with Gasteiger partial charge in [0.05, 0.1) is 35.2 Å². The number of aromatic hydroxyl groups is 1. The lowest BCUT2D eigenvalue weighted by atomic mass is 9.55. The van der Waals surface area contributed by atoms with Crippen LogP contribution < -0.4 is 4.90 Å². The number of fused-ring (bicyclic) bond motifs is 3. The van der Waals surface area contributed by atoms with E-state index >= 15 is 0 Å². The Kier molecular flexibility index (Phi) is 6.33. The van der Waals surface area contributed by atoms with Crippen LogP contribution in [0.25, 0.3) is 0 Å². The first-order chi connectivity index (χ1) is 17.2. The summed E-state index contributed by atoms with van der Waals surface area (Å²) in [4.78, 5) is 38.9. The van der Waals surface area contributed by atoms with Crippen molar-refractivity contribution in [1.29, 1.82) is 0 Å². The number of nitrogens with zero attached hydrogens (tertiary/aromatic N) is 2. The Morgan fingerprint density at radius 2 is 2.00 bits per heavy atom. The molecule has 2 heterocycles. The van der Waals surface area contributed by atoms with Crippen LogP contribution in [-0.2, 0) is 19.0 Å². The number of ether oxygens (including phenoxy) is 1. The van der Waals surface area contributed by atoms with E-state index in [4.69, 9.17) is 21.0 Å². The molecule has 0 saturated carbocycles. The third-order valence-electron chi connectivity index (χ3n) is 7.16. The monoisotopic (exact) mass is 512 g/mol. The number of nitro groups is 1. The van der Waals surface area contributed by atoms with Crippen molar-refractivity contribution < 1.29 is 34.0 Å². The van der Waals surface area contributed by atoms with E-state index in [-0.39, 0.29) is 41.6 Å². The Morgan fingerprint density at radius 3 is 2.69 bits per heavy atom. The first-order valence-electron chi connectivity index (χ1n) is 11.4. The molecule has 2 aromatic carbocycles. The Morgan fingerprint density at radius 1 is 1.22 bits per heavy atom. The van der Waals surface area contributed by atoms with Gasteiger partial charge in [0.1, 0.15) is 5.75 Å². The number of hydrogen-bond donors (Lipinski definition) is 2. The normalized spacial score (nSPS) is 25.8. The number of carbonyl (C=O) groups is 2. The van der Waals surface area contributed by atoms with Gasteiger partial charge in [-0.25, -0.2) is 4.90 Å². The third kappa shape index (κ3) is 3.98. The largest absolute Gasteiger partial charge is 0.508 e. The highest BCUT2D eigenvalue weighted by atomic mass is 35.5. The van der Waals surface area contributed by atoms with Crippen molar-refractivity contribution in [3.8, 4) is 5.75 Å². The maximum atomic E-state index is 13.7. The van der Waals surface area contributed by atoms with Crippen LogP contribution in [0.5, 0.6) is 5.75 Å². The standard InChI is InChI=1S/C24H22BClN2O8/c1-35-11-12-7-18-21(24(31)27(23(18)30)13-3-2-4-14(8-13)28(33)34)17-10-20(36-25(32)22(12)17)16-6-5-15(29)9-19(16)26/h2-6,8-9,17-18,20-21,29,32H,7,10-11H2,1H3/t17-,18-,20-,21+/m0/s1. The second kappa shape index (κ2) is 9.32. The van der Waals surface area contributed by atoms with Crippen molar-refractivity contribution in [2.75, 3.05) is 18.6 Å². The van der Waals surface area contributed by atoms with Crippen LogP contribution in [0.2, 0.25) is 5.02 Å². The molecule has 2 saturated heterocycles. The van der Waals surface area contributed by atoms with Gasteiger partial charge < -0.3 is 19.5 Å². The van der Waals surface area contributed by atoms with Gasteiger partial charge in [0.2, 0.25) is 11.8 Å². The number of benzene rings is 2. The molecule has 12 heteroatoms. The average molecular weight is 513 g/mol. The van der Waals surface area contributed by atoms with Crippen LogP contribution in [0.15, 0.2) is 53.5 Å². The summed E-state index contributed by atoms with van der Waals surface area (Å²) in [6.07, 6.45) is -0.238. The van der Waals surface area contributed by atoms with Crippen molar-refractivity contribution in [1.82, 2.24) is 0 Å². The second-order valence-corrected chi connectivity index (χ2v) is 9.55. The summed E-state index contributed by atoms with van der Waals surface area (Å²) in [7, 11) is 0.153. The van der Waals surface area contributed by atoms with Crippen molar-refractivity contribution in [3.63, 3.8) is 0 Å². The summed E-state index contributed by atoms with van der Waals surface area (Å²) in [6.45, 7) is 0.151. The van der Waals surface area contributed by atoms with Crippen LogP contribution in [0, 0.1) is 27.9 Å². The molecule has 2 aromatic rings. The summed E-state index contributed by atoms with van der Waals surface area (Å²) in [6, 6.07) is 9.83. The summed E-state index contributed by atoms with van der Waals surface area (Å²) in [5.41, 5.74) is 1.65. The van der Waals surface area contributed by atoms with Crippen LogP contribution in [-0.4, -0.2) is 47.7 Å². The molecular weight excluding hydrogens is 491 g/mol. The van der Waals surface area contributed by atoms with Crippen LogP contribution in [0.3, 0.4) is 0 Å². The Balaban J connectivity index is 1.55. The molecule has 2 amide bonds. The maximum Gasteiger partial charge on any atom is 0.487 e. The molecule has 2 aliphatic heterocycles. The lowest BCUT2D eigenvalue weighted by Gasteiger charge is -2.42. The molecule has 2 N–H and O–H groups in total. The fourth-order valence-corrected chi connectivity index (χ4v) is 5.99. The minimum Gasteiger partial charge on any atom is -0.508 e. The number of phenolic OH excluding ortho intramolecular Hbond substituents is 1. The molecule has 36 heavy (non-hydrogen) atoms. The fourth-order valence-electron chi connectivity index (χ4n) is 5.70. The maximum absolute atomic E-state index is 13.7. The number of methoxy groups -OCH3 is 1. The minimum absolute atomic E-state index is 0.0232. The van der Waals surface area contributed by atoms with E-state index in [1.807, 2.05) is 0 Å². The number of anilines is 1. The number of phenols is 1. The van der Waals surface area contributed by atoms with Crippen molar-refractivity contribution in [2.24, 2.45) is 17.8 Å². The first kappa shape index (κ1) is 24.4. The molecule has 3 aliphatic rings. The smallest absolute Gasteiger partial charge is 0.487 e. The number of non-ortho nitro benzene ring substituents is 1. The fraction of sp³-hybridized carbons (Fsp3) is 0.333. The van der Waals surface area contributed by atoms with Gasteiger partial charge in [-0.3, -0.25) is 19.7 Å². The summed E-state index contributed by atoms with van der Waals surface area (Å²) < 4.78 is 11.2. The molecule has 186 valence electrons. The zero-order valence-corrected chi connectivity index (χ0v) is 19.9. The number of rotatable bonds is 5. The third-order valence-corrected chi connectivity index (χ3v) is 7.49. The Hall–Kier alpha value is -3.25. The first-order valence-corrected chi connectivity index (χ1v) is 11.7. The van der Waals surface area contributed by atoms with Gasteiger partial charge in [0.25, 0.3) is 5.69 Å². The van der Waals surface area contributed by atoms with E-state index in [1.54, 1.807) is 6.07 Å². The lowest BCUT2D eigenvalue weighted by molar-refractivity contribution is -0.384. The quantitative estimate of drug-likeness (QED) is 0.269. The van der Waals surface area contributed by atoms with E-state index in [0.717, 1.165) is 4.90 Å². The van der Waals surface area contributed by atoms with Gasteiger partial charge in [0, 0.05) is 24.3 Å². The number of amides is 2. The second-order valence-electron chi connectivity index (χ2n) is 9.14. The number of allylic oxidation sites excluding steroid dienone is 1. The van der Waals surface area contributed by atoms with Crippen LogP contribution >= 0.6 is 11.6 Å². The number of imide groups is 1. The molecule has 2 fully saturated rings. The van der Waals surface area contributed by atoms with E-state index < -0.39 is 47.7 Å². The van der Waals surface area contributed by atoms with E-state index in [1.165, 1.54) is 43.5 Å². The molecule has 10 nitrogen and oxygen atoms in total. The molecule has 0 unspecified atom stereocenters. The SMILES string of the molecule is COCC1=C2B(O)O[C@H](c3ccc(O)cc3Cl)C[C@H]2[C@H]2C(=O)N(c3cccc([N+](=O)[O-])c3)C(=O)[C@H]2C1. The van der Waals surface area contributed by atoms with Gasteiger partial charge in [-0.2, -0.15) is 0 Å². The Labute approximate surface area is 211 Å². The topological polar surface area (TPSA) is 139 Å². The number of nitro benzene ring substituents is 1.